The molecule has 1 aromatic rings. The van der Waals surface area contributed by atoms with Gasteiger partial charge in [0, 0.05) is 17.6 Å². The highest BCUT2D eigenvalue weighted by atomic mass is 35.5. The standard InChI is InChI=1S/C16H19ClFNO3/c1-10-3-4-12(16(21)22-2)9-19(10)15(20)7-11-5-6-13(18)8-14(11)17/h5-6,8,10,12H,3-4,7,9H2,1-2H3/t10-,12+/m1/s1. The van der Waals surface area contributed by atoms with E-state index in [1.807, 2.05) is 6.92 Å². The van der Waals surface area contributed by atoms with Gasteiger partial charge in [0.25, 0.3) is 0 Å². The van der Waals surface area contributed by atoms with Crippen LogP contribution >= 0.6 is 11.6 Å². The number of halogens is 2. The van der Waals surface area contributed by atoms with Crippen LogP contribution in [0.3, 0.4) is 0 Å². The number of ether oxygens (including phenoxy) is 1. The van der Waals surface area contributed by atoms with Crippen molar-refractivity contribution in [3.63, 3.8) is 0 Å². The summed E-state index contributed by atoms with van der Waals surface area (Å²) < 4.78 is 17.8. The van der Waals surface area contributed by atoms with Crippen LogP contribution in [0.4, 0.5) is 4.39 Å². The Hall–Kier alpha value is -1.62. The Morgan fingerprint density at radius 2 is 2.14 bits per heavy atom. The molecule has 1 fully saturated rings. The average Bonchev–Trinajstić information content (AvgIpc) is 2.49. The molecule has 1 heterocycles. The largest absolute Gasteiger partial charge is 0.469 e. The summed E-state index contributed by atoms with van der Waals surface area (Å²) in [5.74, 6) is -1.12. The second kappa shape index (κ2) is 7.09. The molecule has 1 aliphatic heterocycles. The number of methoxy groups -OCH3 is 1. The number of carbonyl (C=O) groups excluding carboxylic acids is 2. The van der Waals surface area contributed by atoms with Gasteiger partial charge in [0.15, 0.2) is 0 Å². The van der Waals surface area contributed by atoms with E-state index in [0.29, 0.717) is 12.1 Å². The lowest BCUT2D eigenvalue weighted by Crippen LogP contribution is -2.48. The summed E-state index contributed by atoms with van der Waals surface area (Å²) in [7, 11) is 1.35. The second-order valence-electron chi connectivity index (χ2n) is 5.61. The van der Waals surface area contributed by atoms with Gasteiger partial charge in [-0.25, -0.2) is 4.39 Å². The molecule has 0 unspecified atom stereocenters. The van der Waals surface area contributed by atoms with Gasteiger partial charge in [0.2, 0.25) is 5.91 Å². The first-order chi connectivity index (χ1) is 10.4. The maximum Gasteiger partial charge on any atom is 0.310 e. The van der Waals surface area contributed by atoms with Gasteiger partial charge in [0.1, 0.15) is 5.82 Å². The summed E-state index contributed by atoms with van der Waals surface area (Å²) in [6, 6.07) is 4.06. The maximum absolute atomic E-state index is 13.0. The molecule has 1 saturated heterocycles. The monoisotopic (exact) mass is 327 g/mol. The Morgan fingerprint density at radius 3 is 2.77 bits per heavy atom. The molecular formula is C16H19ClFNO3. The van der Waals surface area contributed by atoms with Crippen LogP contribution in [-0.2, 0) is 20.7 Å². The summed E-state index contributed by atoms with van der Waals surface area (Å²) in [6.45, 7) is 2.31. The number of esters is 1. The van der Waals surface area contributed by atoms with Gasteiger partial charge < -0.3 is 9.64 Å². The van der Waals surface area contributed by atoms with E-state index in [0.717, 1.165) is 12.8 Å². The van der Waals surface area contributed by atoms with Crippen molar-refractivity contribution in [2.24, 2.45) is 5.92 Å². The molecule has 0 aromatic heterocycles. The van der Waals surface area contributed by atoms with Crippen molar-refractivity contribution in [3.05, 3.63) is 34.6 Å². The number of likely N-dealkylation sites (tertiary alicyclic amines) is 1. The van der Waals surface area contributed by atoms with Gasteiger partial charge in [-0.05, 0) is 37.5 Å². The van der Waals surface area contributed by atoms with Crippen LogP contribution in [-0.4, -0.2) is 36.5 Å². The van der Waals surface area contributed by atoms with E-state index in [1.165, 1.54) is 25.3 Å². The first-order valence-corrected chi connectivity index (χ1v) is 7.61. The number of piperidine rings is 1. The van der Waals surface area contributed by atoms with Crippen molar-refractivity contribution in [2.75, 3.05) is 13.7 Å². The number of nitrogens with zero attached hydrogens (tertiary/aromatic N) is 1. The second-order valence-corrected chi connectivity index (χ2v) is 6.01. The molecule has 1 amide bonds. The molecule has 0 radical (unpaired) electrons. The lowest BCUT2D eigenvalue weighted by atomic mass is 9.93. The highest BCUT2D eigenvalue weighted by Crippen LogP contribution is 2.25. The van der Waals surface area contributed by atoms with Crippen LogP contribution in [0.15, 0.2) is 18.2 Å². The van der Waals surface area contributed by atoms with Crippen LogP contribution in [0.25, 0.3) is 0 Å². The van der Waals surface area contributed by atoms with E-state index < -0.39 is 5.82 Å². The molecule has 4 nitrogen and oxygen atoms in total. The smallest absolute Gasteiger partial charge is 0.310 e. The Bertz CT molecular complexity index is 579. The van der Waals surface area contributed by atoms with Gasteiger partial charge in [-0.2, -0.15) is 0 Å². The summed E-state index contributed by atoms with van der Waals surface area (Å²) in [5.41, 5.74) is 0.584. The number of hydrogen-bond donors (Lipinski definition) is 0. The topological polar surface area (TPSA) is 46.6 Å². The van der Waals surface area contributed by atoms with E-state index in [4.69, 9.17) is 16.3 Å². The predicted octanol–water partition coefficient (Wildman–Crippen LogP) is 2.82. The Balaban J connectivity index is 2.08. The molecule has 1 aliphatic rings. The molecule has 0 N–H and O–H groups in total. The minimum Gasteiger partial charge on any atom is -0.469 e. The van der Waals surface area contributed by atoms with Gasteiger partial charge in [0.05, 0.1) is 19.4 Å². The molecule has 0 saturated carbocycles. The van der Waals surface area contributed by atoms with Crippen LogP contribution in [0.1, 0.15) is 25.3 Å². The molecule has 120 valence electrons. The van der Waals surface area contributed by atoms with Crippen molar-refractivity contribution in [1.82, 2.24) is 4.90 Å². The summed E-state index contributed by atoms with van der Waals surface area (Å²) >= 11 is 5.97. The van der Waals surface area contributed by atoms with Crippen molar-refractivity contribution in [1.29, 1.82) is 0 Å². The lowest BCUT2D eigenvalue weighted by Gasteiger charge is -2.37. The third kappa shape index (κ3) is 3.77. The fourth-order valence-corrected chi connectivity index (χ4v) is 2.98. The van der Waals surface area contributed by atoms with Crippen LogP contribution in [0, 0.1) is 11.7 Å². The van der Waals surface area contributed by atoms with Crippen LogP contribution in [0.2, 0.25) is 5.02 Å². The van der Waals surface area contributed by atoms with Gasteiger partial charge in [-0.3, -0.25) is 9.59 Å². The van der Waals surface area contributed by atoms with Crippen molar-refractivity contribution >= 4 is 23.5 Å². The van der Waals surface area contributed by atoms with E-state index in [1.54, 1.807) is 4.90 Å². The third-order valence-corrected chi connectivity index (χ3v) is 4.45. The van der Waals surface area contributed by atoms with Gasteiger partial charge >= 0.3 is 5.97 Å². The highest BCUT2D eigenvalue weighted by molar-refractivity contribution is 6.31. The minimum absolute atomic E-state index is 0.0626. The van der Waals surface area contributed by atoms with E-state index >= 15 is 0 Å². The van der Waals surface area contributed by atoms with E-state index in [2.05, 4.69) is 0 Å². The summed E-state index contributed by atoms with van der Waals surface area (Å²) in [6.07, 6.45) is 1.56. The fraction of sp³-hybridized carbons (Fsp3) is 0.500. The molecule has 0 spiro atoms. The SMILES string of the molecule is COC(=O)[C@H]1CC[C@@H](C)N(C(=O)Cc2ccc(F)cc2Cl)C1. The Labute approximate surface area is 134 Å². The average molecular weight is 328 g/mol. The number of benzene rings is 1. The molecule has 0 bridgehead atoms. The molecular weight excluding hydrogens is 309 g/mol. The van der Waals surface area contributed by atoms with Gasteiger partial charge in [-0.1, -0.05) is 17.7 Å². The summed E-state index contributed by atoms with van der Waals surface area (Å²) in [5, 5.41) is 0.238. The highest BCUT2D eigenvalue weighted by Gasteiger charge is 2.33. The molecule has 2 rings (SSSR count). The number of amides is 1. The minimum atomic E-state index is -0.432. The first kappa shape index (κ1) is 16.7. The normalized spacial score (nSPS) is 21.5. The zero-order valence-corrected chi connectivity index (χ0v) is 13.4. The fourth-order valence-electron chi connectivity index (χ4n) is 2.74. The lowest BCUT2D eigenvalue weighted by molar-refractivity contribution is -0.150. The number of hydrogen-bond acceptors (Lipinski definition) is 3. The van der Waals surface area contributed by atoms with Crippen molar-refractivity contribution in [3.8, 4) is 0 Å². The molecule has 6 heteroatoms. The quantitative estimate of drug-likeness (QED) is 0.802. The van der Waals surface area contributed by atoms with Crippen molar-refractivity contribution in [2.45, 2.75) is 32.2 Å². The van der Waals surface area contributed by atoms with Crippen LogP contribution in [0.5, 0.6) is 0 Å². The van der Waals surface area contributed by atoms with Gasteiger partial charge in [-0.15, -0.1) is 0 Å². The molecule has 22 heavy (non-hydrogen) atoms. The summed E-state index contributed by atoms with van der Waals surface area (Å²) in [4.78, 5) is 25.8. The molecule has 2 atom stereocenters. The number of rotatable bonds is 3. The Morgan fingerprint density at radius 1 is 1.41 bits per heavy atom. The van der Waals surface area contributed by atoms with Crippen LogP contribution < -0.4 is 0 Å². The zero-order valence-electron chi connectivity index (χ0n) is 12.6. The molecule has 1 aromatic carbocycles. The Kier molecular flexibility index (Phi) is 5.40. The first-order valence-electron chi connectivity index (χ1n) is 7.23. The van der Waals surface area contributed by atoms with E-state index in [-0.39, 0.29) is 35.3 Å². The predicted molar refractivity (Wildman–Crippen MR) is 81.0 cm³/mol. The van der Waals surface area contributed by atoms with E-state index in [9.17, 15) is 14.0 Å². The maximum atomic E-state index is 13.0. The third-order valence-electron chi connectivity index (χ3n) is 4.09. The number of carbonyl (C=O) groups is 2. The molecule has 0 aliphatic carbocycles. The van der Waals surface area contributed by atoms with Crippen molar-refractivity contribution < 1.29 is 18.7 Å². The zero-order chi connectivity index (χ0) is 16.3.